The number of para-hydroxylation sites is 2. The number of hydrogen-bond donors (Lipinski definition) is 0. The molecule has 212 valence electrons. The van der Waals surface area contributed by atoms with Gasteiger partial charge in [-0.2, -0.15) is 0 Å². The molecule has 9 heteroatoms. The van der Waals surface area contributed by atoms with Crippen molar-refractivity contribution in [2.24, 2.45) is 0 Å². The summed E-state index contributed by atoms with van der Waals surface area (Å²) in [6, 6.07) is 21.2. The quantitative estimate of drug-likeness (QED) is 0.0901. The van der Waals surface area contributed by atoms with Gasteiger partial charge in [-0.05, 0) is 48.9 Å². The normalized spacial score (nSPS) is 9.54. The van der Waals surface area contributed by atoms with Crippen LogP contribution in [0.3, 0.4) is 0 Å². The van der Waals surface area contributed by atoms with Gasteiger partial charge in [0.25, 0.3) is 0 Å². The number of aromatic nitrogens is 2. The van der Waals surface area contributed by atoms with E-state index in [1.54, 1.807) is 0 Å². The minimum atomic E-state index is 0.410. The molecule has 0 aliphatic carbocycles. The van der Waals surface area contributed by atoms with Gasteiger partial charge in [0, 0.05) is 23.2 Å². The Balaban J connectivity index is 0.000000603. The van der Waals surface area contributed by atoms with Gasteiger partial charge in [-0.15, -0.1) is 0 Å². The fourth-order valence-corrected chi connectivity index (χ4v) is 4.22. The summed E-state index contributed by atoms with van der Waals surface area (Å²) in [5.74, 6) is 0. The molecule has 0 radical (unpaired) electrons. The Bertz CT molecular complexity index is 1050. The van der Waals surface area contributed by atoms with Crippen molar-refractivity contribution in [3.8, 4) is 0 Å². The van der Waals surface area contributed by atoms with Gasteiger partial charge in [-0.1, -0.05) is 101 Å². The molecule has 2 aromatic heterocycles. The molecule has 4 aromatic rings. The Morgan fingerprint density at radius 1 is 0.590 bits per heavy atom. The van der Waals surface area contributed by atoms with E-state index in [9.17, 15) is 0 Å². The first kappa shape index (κ1) is 37.6. The second kappa shape index (κ2) is 26.8. The third-order valence-electron chi connectivity index (χ3n) is 6.03. The van der Waals surface area contributed by atoms with Gasteiger partial charge in [0.15, 0.2) is 0 Å². The minimum absolute atomic E-state index is 0.410. The molecular formula is C30H38I2MoN4O2-2. The first-order chi connectivity index (χ1) is 19.2. The van der Waals surface area contributed by atoms with Crippen LogP contribution in [0.1, 0.15) is 76.3 Å². The number of fused-ring (bicyclic) bond motifs is 2. The van der Waals surface area contributed by atoms with E-state index in [1.165, 1.54) is 84.3 Å². The maximum absolute atomic E-state index is 7.25. The smallest absolute Gasteiger partial charge is 0.423 e. The van der Waals surface area contributed by atoms with Crippen molar-refractivity contribution in [2.45, 2.75) is 78.1 Å². The molecule has 0 amide bonds. The zero-order chi connectivity index (χ0) is 29.1. The predicted molar refractivity (Wildman–Crippen MR) is 181 cm³/mol. The average molecular weight is 836 g/mol. The SMILES string of the molecule is CCCCCCc1cccc2cccnc12.CCCCCCc1cccc2cccnc12.[I][Mo][I].[N-]=O.[N-]=O. The van der Waals surface area contributed by atoms with E-state index in [2.05, 4.69) is 111 Å². The molecule has 39 heavy (non-hydrogen) atoms. The third kappa shape index (κ3) is 15.8. The Kier molecular flexibility index (Phi) is 25.9. The molecule has 4 rings (SSSR count). The van der Waals surface area contributed by atoms with Crippen LogP contribution in [0.5, 0.6) is 0 Å². The van der Waals surface area contributed by atoms with E-state index in [0.29, 0.717) is 11.2 Å². The van der Waals surface area contributed by atoms with Crippen molar-refractivity contribution in [2.75, 3.05) is 0 Å². The van der Waals surface area contributed by atoms with Crippen LogP contribution in [0.2, 0.25) is 0 Å². The molecule has 0 fully saturated rings. The Labute approximate surface area is 262 Å². The number of nitroso groups, excluding NO2 is 2. The summed E-state index contributed by atoms with van der Waals surface area (Å²) in [7, 11) is 0. The maximum Gasteiger partial charge on any atom is -0.423 e. The summed E-state index contributed by atoms with van der Waals surface area (Å²) >= 11 is 5.22. The van der Waals surface area contributed by atoms with Crippen molar-refractivity contribution in [1.29, 1.82) is 0 Å². The van der Waals surface area contributed by atoms with Crippen LogP contribution >= 0.6 is 38.7 Å². The first-order valence-electron chi connectivity index (χ1n) is 13.2. The zero-order valence-corrected chi connectivity index (χ0v) is 29.1. The molecule has 0 saturated heterocycles. The summed E-state index contributed by atoms with van der Waals surface area (Å²) in [4.78, 5) is 23.5. The molecule has 2 aromatic carbocycles. The summed E-state index contributed by atoms with van der Waals surface area (Å²) in [5.41, 5.74) is 16.7. The monoisotopic (exact) mass is 838 g/mol. The maximum atomic E-state index is 7.25. The van der Waals surface area contributed by atoms with Crippen LogP contribution < -0.4 is 0 Å². The number of pyridine rings is 2. The zero-order valence-electron chi connectivity index (χ0n) is 22.8. The molecule has 0 saturated carbocycles. The van der Waals surface area contributed by atoms with Crippen molar-refractivity contribution >= 4 is 60.5 Å². The summed E-state index contributed by atoms with van der Waals surface area (Å²) < 4.78 is 0. The van der Waals surface area contributed by atoms with Gasteiger partial charge in [-0.25, -0.2) is 0 Å². The molecule has 0 bridgehead atoms. The first-order valence-corrected chi connectivity index (χ1v) is 25.1. The van der Waals surface area contributed by atoms with Crippen molar-refractivity contribution in [3.05, 3.63) is 105 Å². The van der Waals surface area contributed by atoms with Gasteiger partial charge in [0.2, 0.25) is 0 Å². The van der Waals surface area contributed by atoms with Crippen LogP contribution in [0, 0.1) is 9.81 Å². The van der Waals surface area contributed by atoms with Crippen LogP contribution in [-0.2, 0) is 24.0 Å². The molecule has 0 unspecified atom stereocenters. The molecule has 0 N–H and O–H groups in total. The van der Waals surface area contributed by atoms with Crippen molar-refractivity contribution in [3.63, 3.8) is 0 Å². The number of rotatable bonds is 10. The minimum Gasteiger partial charge on any atom is -0.577 e. The Hall–Kier alpha value is -1.39. The van der Waals surface area contributed by atoms with Crippen molar-refractivity contribution < 1.29 is 11.2 Å². The van der Waals surface area contributed by atoms with E-state index >= 15 is 0 Å². The molecular weight excluding hydrogens is 798 g/mol. The van der Waals surface area contributed by atoms with Crippen LogP contribution in [0.25, 0.3) is 33.0 Å². The molecule has 0 aliphatic rings. The number of hydrogen-bond acceptors (Lipinski definition) is 4. The number of nitrogens with zero attached hydrogens (tertiary/aromatic N) is 4. The van der Waals surface area contributed by atoms with Gasteiger partial charge in [-0.3, -0.25) is 9.97 Å². The molecule has 0 spiro atoms. The van der Waals surface area contributed by atoms with Crippen molar-refractivity contribution in [1.82, 2.24) is 9.97 Å². The standard InChI is InChI=1S/2C15H19N.2HI.Mo.2NO/c2*1-2-3-4-5-8-13-9-6-10-14-11-7-12-16-15(13)14;;;;2*1-2/h2*6-7,9-12H,2-5,8H2,1H3;2*1H;;;/q;;;;+2;2*-1/p-2. The largest absolute Gasteiger partial charge is 0.577 e. The van der Waals surface area contributed by atoms with E-state index in [-0.39, 0.29) is 0 Å². The Morgan fingerprint density at radius 2 is 0.949 bits per heavy atom. The molecule has 0 aliphatic heterocycles. The topological polar surface area (TPSA) is 105 Å². The van der Waals surface area contributed by atoms with Crippen LogP contribution in [0.15, 0.2) is 73.1 Å². The number of benzene rings is 2. The summed E-state index contributed by atoms with van der Waals surface area (Å²) in [6.07, 6.45) is 16.6. The number of aryl methyl sites for hydroxylation is 2. The molecule has 0 atom stereocenters. The Morgan fingerprint density at radius 3 is 1.31 bits per heavy atom. The predicted octanol–water partition coefficient (Wildman–Crippen LogP) is 11.1. The summed E-state index contributed by atoms with van der Waals surface area (Å²) in [5, 5.41) is 2.52. The summed E-state index contributed by atoms with van der Waals surface area (Å²) in [6.45, 7) is 4.50. The third-order valence-corrected chi connectivity index (χ3v) is 6.03. The molecule has 2 heterocycles. The van der Waals surface area contributed by atoms with Gasteiger partial charge >= 0.3 is 49.9 Å². The van der Waals surface area contributed by atoms with Crippen LogP contribution in [0.4, 0.5) is 0 Å². The number of unbranched alkanes of at least 4 members (excludes halogenated alkanes) is 6. The van der Waals surface area contributed by atoms with Gasteiger partial charge in [0.1, 0.15) is 0 Å². The number of halogens is 2. The second-order valence-electron chi connectivity index (χ2n) is 8.66. The van der Waals surface area contributed by atoms with Gasteiger partial charge < -0.3 is 21.0 Å². The fourth-order valence-electron chi connectivity index (χ4n) is 4.22. The van der Waals surface area contributed by atoms with E-state index in [1.807, 2.05) is 24.5 Å². The van der Waals surface area contributed by atoms with Gasteiger partial charge in [0.05, 0.1) is 11.0 Å². The fraction of sp³-hybridized carbons (Fsp3) is 0.400. The van der Waals surface area contributed by atoms with E-state index in [4.69, 9.17) is 21.0 Å². The van der Waals surface area contributed by atoms with Crippen LogP contribution in [-0.4, -0.2) is 9.97 Å². The molecule has 6 nitrogen and oxygen atoms in total. The average Bonchev–Trinajstić information content (AvgIpc) is 3.00. The van der Waals surface area contributed by atoms with E-state index in [0.717, 1.165) is 12.8 Å². The van der Waals surface area contributed by atoms with E-state index < -0.39 is 0 Å². The second-order valence-corrected chi connectivity index (χ2v) is 24.1.